The molecule has 0 saturated carbocycles. The summed E-state index contributed by atoms with van der Waals surface area (Å²) < 4.78 is 30.9. The lowest BCUT2D eigenvalue weighted by Crippen LogP contribution is -2.42. The molecule has 0 spiro atoms. The maximum absolute atomic E-state index is 12.1. The fourth-order valence-corrected chi connectivity index (χ4v) is 3.22. The van der Waals surface area contributed by atoms with Crippen LogP contribution in [0.2, 0.25) is 0 Å². The minimum absolute atomic E-state index is 0.374. The van der Waals surface area contributed by atoms with Crippen LogP contribution in [0.5, 0.6) is 0 Å². The molecule has 1 fully saturated rings. The van der Waals surface area contributed by atoms with E-state index in [1.165, 1.54) is 0 Å². The second-order valence-electron chi connectivity index (χ2n) is 3.78. The van der Waals surface area contributed by atoms with Crippen LogP contribution in [0.1, 0.15) is 13.3 Å². The third-order valence-electron chi connectivity index (χ3n) is 2.54. The highest BCUT2D eigenvalue weighted by molar-refractivity contribution is 7.89. The monoisotopic (exact) mass is 236 g/mol. The molecule has 0 bridgehead atoms. The van der Waals surface area contributed by atoms with E-state index in [1.807, 2.05) is 0 Å². The van der Waals surface area contributed by atoms with Gasteiger partial charge in [-0.05, 0) is 20.4 Å². The number of rotatable bonds is 4. The van der Waals surface area contributed by atoms with E-state index in [-0.39, 0.29) is 5.25 Å². The summed E-state index contributed by atoms with van der Waals surface area (Å²) in [7, 11) is -1.40. The minimum atomic E-state index is -3.16. The SMILES string of the molecule is CNCC(C)S(=O)(=O)N1CCCOCC1. The van der Waals surface area contributed by atoms with Crippen LogP contribution >= 0.6 is 0 Å². The zero-order chi connectivity index (χ0) is 11.3. The fourth-order valence-electron chi connectivity index (χ4n) is 1.62. The van der Waals surface area contributed by atoms with E-state index in [0.717, 1.165) is 6.42 Å². The third-order valence-corrected chi connectivity index (χ3v) is 4.81. The van der Waals surface area contributed by atoms with Gasteiger partial charge in [0.05, 0.1) is 11.9 Å². The van der Waals surface area contributed by atoms with Crippen LogP contribution in [-0.4, -0.2) is 57.9 Å². The molecule has 0 aromatic rings. The van der Waals surface area contributed by atoms with Crippen LogP contribution in [0.3, 0.4) is 0 Å². The predicted molar refractivity (Wildman–Crippen MR) is 59.3 cm³/mol. The first-order valence-electron chi connectivity index (χ1n) is 5.30. The van der Waals surface area contributed by atoms with Gasteiger partial charge in [0, 0.05) is 26.2 Å². The van der Waals surface area contributed by atoms with Gasteiger partial charge in [-0.25, -0.2) is 8.42 Å². The molecular weight excluding hydrogens is 216 g/mol. The maximum Gasteiger partial charge on any atom is 0.218 e. The third kappa shape index (κ3) is 3.41. The molecule has 0 aromatic carbocycles. The van der Waals surface area contributed by atoms with Crippen LogP contribution in [-0.2, 0) is 14.8 Å². The Morgan fingerprint density at radius 1 is 1.40 bits per heavy atom. The molecule has 0 radical (unpaired) electrons. The van der Waals surface area contributed by atoms with Crippen molar-refractivity contribution in [3.63, 3.8) is 0 Å². The number of hydrogen-bond donors (Lipinski definition) is 1. The Hall–Kier alpha value is -0.170. The van der Waals surface area contributed by atoms with Crippen LogP contribution in [0.4, 0.5) is 0 Å². The van der Waals surface area contributed by atoms with E-state index in [2.05, 4.69) is 5.32 Å². The Bertz CT molecular complexity index is 271. The van der Waals surface area contributed by atoms with E-state index in [0.29, 0.717) is 32.8 Å². The number of sulfonamides is 1. The van der Waals surface area contributed by atoms with Crippen molar-refractivity contribution in [2.24, 2.45) is 0 Å². The molecule has 1 aliphatic heterocycles. The lowest BCUT2D eigenvalue weighted by Gasteiger charge is -2.23. The van der Waals surface area contributed by atoms with Crippen LogP contribution in [0.25, 0.3) is 0 Å². The van der Waals surface area contributed by atoms with E-state index in [4.69, 9.17) is 4.74 Å². The average molecular weight is 236 g/mol. The molecule has 0 aromatic heterocycles. The lowest BCUT2D eigenvalue weighted by atomic mass is 10.5. The summed E-state index contributed by atoms with van der Waals surface area (Å²) in [5.74, 6) is 0. The normalized spacial score (nSPS) is 22.3. The van der Waals surface area contributed by atoms with E-state index in [1.54, 1.807) is 18.3 Å². The Morgan fingerprint density at radius 3 is 2.80 bits per heavy atom. The average Bonchev–Trinajstić information content (AvgIpc) is 2.46. The van der Waals surface area contributed by atoms with Gasteiger partial charge in [0.25, 0.3) is 0 Å². The van der Waals surface area contributed by atoms with Crippen LogP contribution in [0.15, 0.2) is 0 Å². The molecule has 0 aliphatic carbocycles. The number of nitrogens with one attached hydrogen (secondary N) is 1. The lowest BCUT2D eigenvalue weighted by molar-refractivity contribution is 0.148. The molecule has 1 rings (SSSR count). The van der Waals surface area contributed by atoms with Crippen molar-refractivity contribution in [3.8, 4) is 0 Å². The molecule has 1 unspecified atom stereocenters. The molecule has 15 heavy (non-hydrogen) atoms. The second-order valence-corrected chi connectivity index (χ2v) is 6.13. The highest BCUT2D eigenvalue weighted by atomic mass is 32.2. The van der Waals surface area contributed by atoms with E-state index < -0.39 is 10.0 Å². The first kappa shape index (κ1) is 12.9. The molecule has 6 heteroatoms. The maximum atomic E-state index is 12.1. The van der Waals surface area contributed by atoms with Crippen molar-refractivity contribution in [2.45, 2.75) is 18.6 Å². The van der Waals surface area contributed by atoms with Gasteiger partial charge in [-0.1, -0.05) is 0 Å². The van der Waals surface area contributed by atoms with Gasteiger partial charge >= 0.3 is 0 Å². The Labute approximate surface area is 91.8 Å². The van der Waals surface area contributed by atoms with Crippen molar-refractivity contribution in [2.75, 3.05) is 39.9 Å². The number of nitrogens with zero attached hydrogens (tertiary/aromatic N) is 1. The van der Waals surface area contributed by atoms with Gasteiger partial charge in [0.15, 0.2) is 0 Å². The summed E-state index contributed by atoms with van der Waals surface area (Å²) in [6.07, 6.45) is 0.783. The topological polar surface area (TPSA) is 58.6 Å². The molecule has 0 amide bonds. The summed E-state index contributed by atoms with van der Waals surface area (Å²) in [5, 5.41) is 2.52. The largest absolute Gasteiger partial charge is 0.380 e. The highest BCUT2D eigenvalue weighted by Gasteiger charge is 2.28. The Balaban J connectivity index is 2.66. The number of hydrogen-bond acceptors (Lipinski definition) is 4. The van der Waals surface area contributed by atoms with Gasteiger partial charge in [0.1, 0.15) is 0 Å². The Kier molecular flexibility index (Phi) is 4.98. The predicted octanol–water partition coefficient (Wildman–Crippen LogP) is -0.354. The molecular formula is C9H20N2O3S. The summed E-state index contributed by atoms with van der Waals surface area (Å²) in [5.41, 5.74) is 0. The molecule has 5 nitrogen and oxygen atoms in total. The smallest absolute Gasteiger partial charge is 0.218 e. The van der Waals surface area contributed by atoms with E-state index in [9.17, 15) is 8.42 Å². The van der Waals surface area contributed by atoms with Crippen molar-refractivity contribution >= 4 is 10.0 Å². The van der Waals surface area contributed by atoms with Gasteiger partial charge in [-0.2, -0.15) is 4.31 Å². The van der Waals surface area contributed by atoms with Gasteiger partial charge in [-0.15, -0.1) is 0 Å². The molecule has 1 aliphatic rings. The second kappa shape index (κ2) is 5.79. The summed E-state index contributed by atoms with van der Waals surface area (Å²) in [4.78, 5) is 0. The summed E-state index contributed by atoms with van der Waals surface area (Å²) in [6, 6.07) is 0. The first-order valence-corrected chi connectivity index (χ1v) is 6.80. The molecule has 1 saturated heterocycles. The summed E-state index contributed by atoms with van der Waals surface area (Å²) in [6.45, 7) is 4.45. The fraction of sp³-hybridized carbons (Fsp3) is 1.00. The Morgan fingerprint density at radius 2 is 2.13 bits per heavy atom. The first-order chi connectivity index (χ1) is 7.09. The van der Waals surface area contributed by atoms with Crippen molar-refractivity contribution in [1.29, 1.82) is 0 Å². The zero-order valence-corrected chi connectivity index (χ0v) is 10.2. The zero-order valence-electron chi connectivity index (χ0n) is 9.40. The summed E-state index contributed by atoms with van der Waals surface area (Å²) >= 11 is 0. The molecule has 1 atom stereocenters. The van der Waals surface area contributed by atoms with Gasteiger partial charge in [0.2, 0.25) is 10.0 Å². The molecule has 1 heterocycles. The highest BCUT2D eigenvalue weighted by Crippen LogP contribution is 2.11. The van der Waals surface area contributed by atoms with Gasteiger partial charge < -0.3 is 10.1 Å². The minimum Gasteiger partial charge on any atom is -0.380 e. The van der Waals surface area contributed by atoms with Crippen LogP contribution in [0, 0.1) is 0 Å². The number of ether oxygens (including phenoxy) is 1. The van der Waals surface area contributed by atoms with E-state index >= 15 is 0 Å². The van der Waals surface area contributed by atoms with Crippen molar-refractivity contribution < 1.29 is 13.2 Å². The quantitative estimate of drug-likeness (QED) is 0.724. The molecule has 1 N–H and O–H groups in total. The van der Waals surface area contributed by atoms with Crippen molar-refractivity contribution in [1.82, 2.24) is 9.62 Å². The van der Waals surface area contributed by atoms with Crippen molar-refractivity contribution in [3.05, 3.63) is 0 Å². The van der Waals surface area contributed by atoms with Crippen LogP contribution < -0.4 is 5.32 Å². The van der Waals surface area contributed by atoms with Gasteiger partial charge in [-0.3, -0.25) is 0 Å². The standard InChI is InChI=1S/C9H20N2O3S/c1-9(8-10-2)15(12,13)11-4-3-6-14-7-5-11/h9-10H,3-8H2,1-2H3. The molecule has 90 valence electrons.